The first kappa shape index (κ1) is 19.5. The van der Waals surface area contributed by atoms with Crippen LogP contribution in [0.25, 0.3) is 0 Å². The first-order valence-corrected chi connectivity index (χ1v) is 9.05. The molecule has 0 aliphatic heterocycles. The highest BCUT2D eigenvalue weighted by atomic mass is 79.9. The van der Waals surface area contributed by atoms with Crippen molar-refractivity contribution in [2.24, 2.45) is 0 Å². The zero-order chi connectivity index (χ0) is 20.3. The minimum absolute atomic E-state index is 0.178. The topological polar surface area (TPSA) is 117 Å². The van der Waals surface area contributed by atoms with Crippen molar-refractivity contribution in [2.45, 2.75) is 26.6 Å². The average molecular weight is 449 g/mol. The van der Waals surface area contributed by atoms with Crippen LogP contribution in [0.15, 0.2) is 47.2 Å². The molecule has 11 heteroatoms. The van der Waals surface area contributed by atoms with E-state index in [-0.39, 0.29) is 18.5 Å². The number of anilines is 1. The molecule has 0 fully saturated rings. The average Bonchev–Trinajstić information content (AvgIpc) is 3.27. The molecule has 0 bridgehead atoms. The number of rotatable bonds is 7. The monoisotopic (exact) mass is 448 g/mol. The van der Waals surface area contributed by atoms with Crippen molar-refractivity contribution in [2.75, 3.05) is 5.32 Å². The first-order chi connectivity index (χ1) is 13.3. The maximum atomic E-state index is 12.5. The molecule has 1 N–H and O–H groups in total. The third-order valence-electron chi connectivity index (χ3n) is 3.92. The maximum Gasteiger partial charge on any atom is 0.390 e. The lowest BCUT2D eigenvalue weighted by Crippen LogP contribution is -2.25. The zero-order valence-corrected chi connectivity index (χ0v) is 16.7. The Morgan fingerprint density at radius 1 is 1.39 bits per heavy atom. The normalized spacial score (nSPS) is 11.8. The lowest BCUT2D eigenvalue weighted by Gasteiger charge is -2.10. The number of benzene rings is 1. The fourth-order valence-electron chi connectivity index (χ4n) is 2.48. The number of amides is 1. The lowest BCUT2D eigenvalue weighted by molar-refractivity contribution is -0.389. The van der Waals surface area contributed by atoms with Crippen LogP contribution in [0.3, 0.4) is 0 Å². The van der Waals surface area contributed by atoms with Gasteiger partial charge in [-0.3, -0.25) is 4.79 Å². The highest BCUT2D eigenvalue weighted by molar-refractivity contribution is 9.10. The Morgan fingerprint density at radius 3 is 2.75 bits per heavy atom. The molecule has 2 heterocycles. The fraction of sp³-hybridized carbons (Fsp3) is 0.235. The second kappa shape index (κ2) is 8.21. The number of aromatic nitrogens is 4. The van der Waals surface area contributed by atoms with E-state index >= 15 is 0 Å². The van der Waals surface area contributed by atoms with Crippen molar-refractivity contribution >= 4 is 33.3 Å². The van der Waals surface area contributed by atoms with Crippen molar-refractivity contribution < 1.29 is 14.5 Å². The van der Waals surface area contributed by atoms with Gasteiger partial charge >= 0.3 is 5.82 Å². The van der Waals surface area contributed by atoms with E-state index in [0.717, 1.165) is 4.47 Å². The number of nitro groups is 1. The minimum atomic E-state index is -0.726. The molecule has 1 amide bonds. The smallest absolute Gasteiger partial charge is 0.390 e. The number of nitrogens with one attached hydrogen (secondary N) is 1. The van der Waals surface area contributed by atoms with Crippen LogP contribution in [0.1, 0.15) is 18.7 Å². The zero-order valence-electron chi connectivity index (χ0n) is 15.1. The molecule has 10 nitrogen and oxygen atoms in total. The summed E-state index contributed by atoms with van der Waals surface area (Å²) in [5.41, 5.74) is 1.00. The highest BCUT2D eigenvalue weighted by Crippen LogP contribution is 2.19. The molecule has 0 saturated heterocycles. The number of carbonyl (C=O) groups is 1. The van der Waals surface area contributed by atoms with E-state index in [1.54, 1.807) is 20.0 Å². The Morgan fingerprint density at radius 2 is 2.11 bits per heavy atom. The Kier molecular flexibility index (Phi) is 5.73. The third-order valence-corrected chi connectivity index (χ3v) is 4.45. The summed E-state index contributed by atoms with van der Waals surface area (Å²) in [6.45, 7) is 3.44. The van der Waals surface area contributed by atoms with E-state index in [4.69, 9.17) is 4.74 Å². The molecule has 28 heavy (non-hydrogen) atoms. The molecule has 3 aromatic rings. The number of nitrogens with zero attached hydrogens (tertiary/aromatic N) is 5. The molecule has 0 spiro atoms. The summed E-state index contributed by atoms with van der Waals surface area (Å²) in [4.78, 5) is 22.7. The predicted octanol–water partition coefficient (Wildman–Crippen LogP) is 3.29. The molecule has 2 aromatic heterocycles. The van der Waals surface area contributed by atoms with Gasteiger partial charge in [-0.1, -0.05) is 15.9 Å². The molecule has 0 aliphatic rings. The van der Waals surface area contributed by atoms with Gasteiger partial charge in [-0.15, -0.1) is 0 Å². The number of halogens is 1. The Bertz CT molecular complexity index is 998. The van der Waals surface area contributed by atoms with Gasteiger partial charge in [0.05, 0.1) is 34.9 Å². The summed E-state index contributed by atoms with van der Waals surface area (Å²) >= 11 is 3.36. The first-order valence-electron chi connectivity index (χ1n) is 8.25. The van der Waals surface area contributed by atoms with Crippen LogP contribution in [0.5, 0.6) is 5.75 Å². The van der Waals surface area contributed by atoms with E-state index in [9.17, 15) is 14.9 Å². The van der Waals surface area contributed by atoms with Crippen LogP contribution < -0.4 is 10.1 Å². The van der Waals surface area contributed by atoms with E-state index in [2.05, 4.69) is 31.4 Å². The number of hydrogen-bond donors (Lipinski definition) is 1. The summed E-state index contributed by atoms with van der Waals surface area (Å²) in [5.74, 6) is 0.0261. The second-order valence-corrected chi connectivity index (χ2v) is 6.92. The van der Waals surface area contributed by atoms with Gasteiger partial charge in [0.2, 0.25) is 0 Å². The number of aryl methyl sites for hydroxylation is 1. The van der Waals surface area contributed by atoms with Crippen molar-refractivity contribution in [1.82, 2.24) is 19.6 Å². The summed E-state index contributed by atoms with van der Waals surface area (Å²) in [6.07, 6.45) is 3.12. The quantitative estimate of drug-likeness (QED) is 0.437. The number of carbonyl (C=O) groups excluding carboxylic acids is 1. The number of hydrogen-bond acceptors (Lipinski definition) is 6. The van der Waals surface area contributed by atoms with Gasteiger partial charge in [-0.2, -0.15) is 9.78 Å². The summed E-state index contributed by atoms with van der Waals surface area (Å²) in [6, 6.07) is 7.98. The summed E-state index contributed by atoms with van der Waals surface area (Å²) in [5, 5.41) is 21.5. The molecule has 3 rings (SSSR count). The van der Waals surface area contributed by atoms with Crippen LogP contribution in [0, 0.1) is 17.0 Å². The molecule has 146 valence electrons. The van der Waals surface area contributed by atoms with E-state index in [1.807, 2.05) is 24.3 Å². The predicted molar refractivity (Wildman–Crippen MR) is 104 cm³/mol. The van der Waals surface area contributed by atoms with Crippen molar-refractivity contribution in [1.29, 1.82) is 0 Å². The summed E-state index contributed by atoms with van der Waals surface area (Å²) < 4.78 is 9.41. The maximum absolute atomic E-state index is 12.5. The van der Waals surface area contributed by atoms with Gasteiger partial charge in [0, 0.05) is 4.47 Å². The van der Waals surface area contributed by atoms with Gasteiger partial charge in [0.1, 0.15) is 11.8 Å². The molecule has 1 unspecified atom stereocenters. The van der Waals surface area contributed by atoms with E-state index < -0.39 is 11.0 Å². The second-order valence-electron chi connectivity index (χ2n) is 6.01. The summed E-state index contributed by atoms with van der Waals surface area (Å²) in [7, 11) is 0. The fourth-order valence-corrected chi connectivity index (χ4v) is 2.74. The van der Waals surface area contributed by atoms with Crippen LogP contribution in [-0.2, 0) is 11.5 Å². The Hall–Kier alpha value is -3.21. The van der Waals surface area contributed by atoms with Crippen LogP contribution in [0.4, 0.5) is 11.5 Å². The molecular formula is C17H17BrN6O4. The van der Waals surface area contributed by atoms with Crippen LogP contribution >= 0.6 is 15.9 Å². The van der Waals surface area contributed by atoms with Crippen molar-refractivity contribution in [3.8, 4) is 5.75 Å². The van der Waals surface area contributed by atoms with Gasteiger partial charge < -0.3 is 20.2 Å². The third kappa shape index (κ3) is 4.55. The van der Waals surface area contributed by atoms with E-state index in [1.165, 1.54) is 21.6 Å². The Balaban J connectivity index is 1.60. The van der Waals surface area contributed by atoms with Gasteiger partial charge in [0.15, 0.2) is 6.73 Å². The molecule has 1 atom stereocenters. The molecule has 1 aromatic carbocycles. The number of ether oxygens (including phenoxy) is 1. The van der Waals surface area contributed by atoms with E-state index in [0.29, 0.717) is 17.1 Å². The largest absolute Gasteiger partial charge is 0.471 e. The van der Waals surface area contributed by atoms with Crippen LogP contribution in [0.2, 0.25) is 0 Å². The SMILES string of the molecule is Cc1cc([N+](=O)[O-])nn1C(C)C(=O)Nc1cnn(COc2ccc(Br)cc2)c1. The van der Waals surface area contributed by atoms with Crippen molar-refractivity contribution in [3.63, 3.8) is 0 Å². The van der Waals surface area contributed by atoms with Gasteiger partial charge in [-0.25, -0.2) is 4.68 Å². The Labute approximate surface area is 168 Å². The molecular weight excluding hydrogens is 432 g/mol. The molecule has 0 saturated carbocycles. The highest BCUT2D eigenvalue weighted by Gasteiger charge is 2.24. The molecule has 0 aliphatic carbocycles. The minimum Gasteiger partial charge on any atom is -0.471 e. The van der Waals surface area contributed by atoms with Crippen molar-refractivity contribution in [3.05, 3.63) is 63.0 Å². The van der Waals surface area contributed by atoms with Gasteiger partial charge in [0.25, 0.3) is 5.91 Å². The van der Waals surface area contributed by atoms with Crippen LogP contribution in [-0.4, -0.2) is 30.4 Å². The lowest BCUT2D eigenvalue weighted by atomic mass is 10.3. The van der Waals surface area contributed by atoms with Gasteiger partial charge in [-0.05, 0) is 43.0 Å². The molecule has 0 radical (unpaired) electrons. The standard InChI is InChI=1S/C17H17BrN6O4/c1-11-7-16(24(26)27)21-23(11)12(2)17(25)20-14-8-19-22(9-14)10-28-15-5-3-13(18)4-6-15/h3-9,12H,10H2,1-2H3,(H,20,25).